The maximum absolute atomic E-state index is 15.1. The molecule has 2 saturated heterocycles. The zero-order valence-electron chi connectivity index (χ0n) is 21.2. The van der Waals surface area contributed by atoms with Crippen molar-refractivity contribution >= 4 is 29.7 Å². The van der Waals surface area contributed by atoms with E-state index in [9.17, 15) is 14.4 Å². The van der Waals surface area contributed by atoms with Gasteiger partial charge in [0.2, 0.25) is 11.9 Å². The minimum Gasteiger partial charge on any atom is -0.443 e. The second kappa shape index (κ2) is 10.9. The maximum Gasteiger partial charge on any atom is 0.415 e. The Balaban J connectivity index is 1.20. The standard InChI is InChI=1S/C27H27FN6O5/c1-17(24(29)35)23-16-34(27(37)39-23)19-7-8-21(22(28)13-19)18-14-30-25(31-15-18)32-9-11-33(12-10-32)26(36)38-20-5-3-2-4-6-20/h2-8,13-15,17,23H,9-12,16H2,1H3,(H2,29,35). The number of anilines is 2. The molecule has 39 heavy (non-hydrogen) atoms. The zero-order valence-corrected chi connectivity index (χ0v) is 21.2. The summed E-state index contributed by atoms with van der Waals surface area (Å²) in [4.78, 5) is 49.8. The number of carbonyl (C=O) groups is 3. The van der Waals surface area contributed by atoms with Crippen molar-refractivity contribution in [2.24, 2.45) is 11.7 Å². The number of rotatable bonds is 6. The van der Waals surface area contributed by atoms with Gasteiger partial charge in [-0.15, -0.1) is 0 Å². The number of primary amides is 1. The third-order valence-electron chi connectivity index (χ3n) is 6.82. The van der Waals surface area contributed by atoms with E-state index in [0.717, 1.165) is 0 Å². The highest BCUT2D eigenvalue weighted by molar-refractivity contribution is 5.91. The molecule has 2 unspecified atom stereocenters. The van der Waals surface area contributed by atoms with E-state index in [0.29, 0.717) is 49.1 Å². The van der Waals surface area contributed by atoms with E-state index in [-0.39, 0.29) is 12.1 Å². The lowest BCUT2D eigenvalue weighted by Gasteiger charge is -2.34. The number of halogens is 1. The van der Waals surface area contributed by atoms with Crippen molar-refractivity contribution in [3.05, 3.63) is 66.7 Å². The molecular formula is C27H27FN6O5. The molecule has 2 atom stereocenters. The highest BCUT2D eigenvalue weighted by atomic mass is 19.1. The van der Waals surface area contributed by atoms with Crippen LogP contribution in [0, 0.1) is 11.7 Å². The Labute approximate surface area is 223 Å². The number of nitrogens with two attached hydrogens (primary N) is 1. The van der Waals surface area contributed by atoms with Gasteiger partial charge in [0.1, 0.15) is 17.7 Å². The molecule has 1 aromatic heterocycles. The summed E-state index contributed by atoms with van der Waals surface area (Å²) < 4.78 is 25.7. The molecule has 2 aromatic carbocycles. The number of hydrogen-bond acceptors (Lipinski definition) is 8. The number of hydrogen-bond donors (Lipinski definition) is 1. The van der Waals surface area contributed by atoms with Gasteiger partial charge in [0.05, 0.1) is 18.2 Å². The van der Waals surface area contributed by atoms with Crippen LogP contribution < -0.4 is 20.3 Å². The van der Waals surface area contributed by atoms with Crippen molar-refractivity contribution in [1.29, 1.82) is 0 Å². The molecule has 2 N–H and O–H groups in total. The first-order valence-corrected chi connectivity index (χ1v) is 12.5. The summed E-state index contributed by atoms with van der Waals surface area (Å²) in [5, 5.41) is 0. The zero-order chi connectivity index (χ0) is 27.5. The molecule has 5 rings (SSSR count). The smallest absolute Gasteiger partial charge is 0.415 e. The maximum atomic E-state index is 15.1. The summed E-state index contributed by atoms with van der Waals surface area (Å²) in [7, 11) is 0. The molecule has 202 valence electrons. The lowest BCUT2D eigenvalue weighted by Crippen LogP contribution is -2.50. The summed E-state index contributed by atoms with van der Waals surface area (Å²) in [6.45, 7) is 3.62. The molecule has 0 bridgehead atoms. The van der Waals surface area contributed by atoms with E-state index in [4.69, 9.17) is 15.2 Å². The van der Waals surface area contributed by atoms with Crippen LogP contribution in [0.4, 0.5) is 25.6 Å². The van der Waals surface area contributed by atoms with Gasteiger partial charge in [0.25, 0.3) is 0 Å². The van der Waals surface area contributed by atoms with Crippen LogP contribution in [0.3, 0.4) is 0 Å². The number of benzene rings is 2. The van der Waals surface area contributed by atoms with Gasteiger partial charge >= 0.3 is 12.2 Å². The second-order valence-corrected chi connectivity index (χ2v) is 9.31. The van der Waals surface area contributed by atoms with Gasteiger partial charge in [0.15, 0.2) is 0 Å². The molecular weight excluding hydrogens is 507 g/mol. The number of piperazine rings is 1. The highest BCUT2D eigenvalue weighted by Gasteiger charge is 2.38. The summed E-state index contributed by atoms with van der Waals surface area (Å²) >= 11 is 0. The van der Waals surface area contributed by atoms with Gasteiger partial charge in [-0.25, -0.2) is 23.9 Å². The minimum absolute atomic E-state index is 0.0940. The van der Waals surface area contributed by atoms with Gasteiger partial charge in [-0.3, -0.25) is 9.69 Å². The second-order valence-electron chi connectivity index (χ2n) is 9.31. The van der Waals surface area contributed by atoms with Crippen molar-refractivity contribution in [2.45, 2.75) is 13.0 Å². The van der Waals surface area contributed by atoms with Crippen LogP contribution in [0.15, 0.2) is 60.9 Å². The molecule has 12 heteroatoms. The normalized spacial score (nSPS) is 18.1. The average Bonchev–Trinajstić information content (AvgIpc) is 3.34. The number of carbonyl (C=O) groups excluding carboxylic acids is 3. The molecule has 2 aliphatic heterocycles. The first-order valence-electron chi connectivity index (χ1n) is 12.5. The lowest BCUT2D eigenvalue weighted by molar-refractivity contribution is -0.123. The molecule has 2 fully saturated rings. The molecule has 2 aliphatic rings. The monoisotopic (exact) mass is 534 g/mol. The van der Waals surface area contributed by atoms with E-state index < -0.39 is 35.9 Å². The molecule has 3 aromatic rings. The Bertz CT molecular complexity index is 1360. The number of cyclic esters (lactones) is 1. The summed E-state index contributed by atoms with van der Waals surface area (Å²) in [5.41, 5.74) is 6.36. The van der Waals surface area contributed by atoms with Crippen molar-refractivity contribution in [3.8, 4) is 16.9 Å². The van der Waals surface area contributed by atoms with Crippen LogP contribution in [-0.2, 0) is 9.53 Å². The Kier molecular flexibility index (Phi) is 7.26. The molecule has 3 amide bonds. The predicted molar refractivity (Wildman–Crippen MR) is 140 cm³/mol. The fraction of sp³-hybridized carbons (Fsp3) is 0.296. The SMILES string of the molecule is CC(C(N)=O)C1CN(c2ccc(-c3cnc(N4CCN(C(=O)Oc5ccccc5)CC4)nc3)c(F)c2)C(=O)O1. The fourth-order valence-corrected chi connectivity index (χ4v) is 4.41. The summed E-state index contributed by atoms with van der Waals surface area (Å²) in [6.07, 6.45) is 1.29. The van der Waals surface area contributed by atoms with Gasteiger partial charge in [-0.2, -0.15) is 0 Å². The number of ether oxygens (including phenoxy) is 2. The summed E-state index contributed by atoms with van der Waals surface area (Å²) in [6, 6.07) is 13.3. The third-order valence-corrected chi connectivity index (χ3v) is 6.82. The van der Waals surface area contributed by atoms with Gasteiger partial charge in [0, 0.05) is 49.7 Å². The van der Waals surface area contributed by atoms with Gasteiger partial charge in [-0.1, -0.05) is 18.2 Å². The fourth-order valence-electron chi connectivity index (χ4n) is 4.41. The van der Waals surface area contributed by atoms with Crippen LogP contribution in [-0.4, -0.2) is 71.8 Å². The predicted octanol–water partition coefficient (Wildman–Crippen LogP) is 3.05. The van der Waals surface area contributed by atoms with Crippen LogP contribution in [0.5, 0.6) is 5.75 Å². The largest absolute Gasteiger partial charge is 0.443 e. The summed E-state index contributed by atoms with van der Waals surface area (Å²) in [5.74, 6) is -0.835. The Morgan fingerprint density at radius 2 is 1.77 bits per heavy atom. The number of nitrogens with zero attached hydrogens (tertiary/aromatic N) is 5. The Morgan fingerprint density at radius 1 is 1.08 bits per heavy atom. The average molecular weight is 535 g/mol. The topological polar surface area (TPSA) is 131 Å². The van der Waals surface area contributed by atoms with Crippen molar-refractivity contribution in [3.63, 3.8) is 0 Å². The molecule has 0 radical (unpaired) electrons. The van der Waals surface area contributed by atoms with Crippen LogP contribution in [0.25, 0.3) is 11.1 Å². The van der Waals surface area contributed by atoms with E-state index >= 15 is 4.39 Å². The van der Waals surface area contributed by atoms with E-state index in [1.165, 1.54) is 29.4 Å². The lowest BCUT2D eigenvalue weighted by atomic mass is 10.0. The van der Waals surface area contributed by atoms with Crippen LogP contribution >= 0.6 is 0 Å². The van der Waals surface area contributed by atoms with Crippen LogP contribution in [0.1, 0.15) is 6.92 Å². The molecule has 0 aliphatic carbocycles. The van der Waals surface area contributed by atoms with E-state index in [1.54, 1.807) is 42.2 Å². The van der Waals surface area contributed by atoms with E-state index in [2.05, 4.69) is 9.97 Å². The first-order chi connectivity index (χ1) is 18.8. The van der Waals surface area contributed by atoms with Gasteiger partial charge in [-0.05, 0) is 37.3 Å². The first kappa shape index (κ1) is 25.9. The number of aromatic nitrogens is 2. The highest BCUT2D eigenvalue weighted by Crippen LogP contribution is 2.30. The Hall–Kier alpha value is -4.74. The van der Waals surface area contributed by atoms with Crippen molar-refractivity contribution in [1.82, 2.24) is 14.9 Å². The van der Waals surface area contributed by atoms with Gasteiger partial charge < -0.3 is 25.0 Å². The Morgan fingerprint density at radius 3 is 2.41 bits per heavy atom. The van der Waals surface area contributed by atoms with Crippen molar-refractivity contribution < 1.29 is 28.2 Å². The number of amides is 3. The van der Waals surface area contributed by atoms with Crippen molar-refractivity contribution in [2.75, 3.05) is 42.5 Å². The molecule has 0 saturated carbocycles. The van der Waals surface area contributed by atoms with Crippen LogP contribution in [0.2, 0.25) is 0 Å². The van der Waals surface area contributed by atoms with E-state index in [1.807, 2.05) is 11.0 Å². The minimum atomic E-state index is -0.699. The third kappa shape index (κ3) is 5.59. The molecule has 11 nitrogen and oxygen atoms in total. The number of para-hydroxylation sites is 1. The molecule has 3 heterocycles. The molecule has 0 spiro atoms. The quantitative estimate of drug-likeness (QED) is 0.511.